The van der Waals surface area contributed by atoms with Crippen LogP contribution in [0, 0.1) is 0 Å². The van der Waals surface area contributed by atoms with Crippen LogP contribution in [0.15, 0.2) is 24.3 Å². The summed E-state index contributed by atoms with van der Waals surface area (Å²) in [5.74, 6) is 0.607. The van der Waals surface area contributed by atoms with Crippen molar-refractivity contribution < 1.29 is 10.2 Å². The van der Waals surface area contributed by atoms with Crippen LogP contribution in [-0.4, -0.2) is 32.5 Å². The lowest BCUT2D eigenvalue weighted by atomic mass is 10.2. The van der Waals surface area contributed by atoms with Gasteiger partial charge >= 0.3 is 0 Å². The Bertz CT molecular complexity index is 507. The number of fused-ring (bicyclic) bond motifs is 1. The first-order valence-electron chi connectivity index (χ1n) is 5.65. The molecule has 0 aliphatic rings. The predicted molar refractivity (Wildman–Crippen MR) is 65.4 cm³/mol. The van der Waals surface area contributed by atoms with Crippen LogP contribution in [0.4, 0.5) is 0 Å². The van der Waals surface area contributed by atoms with Gasteiger partial charge in [0, 0.05) is 6.54 Å². The van der Waals surface area contributed by atoms with E-state index < -0.39 is 12.1 Å². The number of imidazole rings is 1. The number of benzene rings is 1. The molecule has 0 spiro atoms. The highest BCUT2D eigenvalue weighted by Crippen LogP contribution is 2.21. The average Bonchev–Trinajstić information content (AvgIpc) is 2.68. The number of rotatable bonds is 4. The monoisotopic (exact) mass is 235 g/mol. The second kappa shape index (κ2) is 4.83. The Morgan fingerprint density at radius 1 is 1.41 bits per heavy atom. The second-order valence-electron chi connectivity index (χ2n) is 4.10. The number of hydrogen-bond acceptors (Lipinski definition) is 4. The maximum atomic E-state index is 9.55. The highest BCUT2D eigenvalue weighted by molar-refractivity contribution is 5.76. The summed E-state index contributed by atoms with van der Waals surface area (Å²) in [7, 11) is 0. The van der Waals surface area contributed by atoms with Crippen LogP contribution in [0.2, 0.25) is 0 Å². The summed E-state index contributed by atoms with van der Waals surface area (Å²) < 4.78 is 1.85. The molecule has 0 saturated carbocycles. The maximum absolute atomic E-state index is 9.55. The van der Waals surface area contributed by atoms with Gasteiger partial charge in [-0.1, -0.05) is 12.1 Å². The molecule has 1 aromatic heterocycles. The van der Waals surface area contributed by atoms with Crippen LogP contribution >= 0.6 is 0 Å². The van der Waals surface area contributed by atoms with Crippen LogP contribution in [0.5, 0.6) is 0 Å². The molecule has 92 valence electrons. The third-order valence-corrected chi connectivity index (χ3v) is 2.83. The first-order valence-corrected chi connectivity index (χ1v) is 5.65. The molecule has 2 rings (SSSR count). The lowest BCUT2D eigenvalue weighted by Gasteiger charge is -2.16. The van der Waals surface area contributed by atoms with Crippen LogP contribution in [-0.2, 0) is 6.54 Å². The fourth-order valence-corrected chi connectivity index (χ4v) is 1.90. The van der Waals surface area contributed by atoms with Crippen molar-refractivity contribution in [3.63, 3.8) is 0 Å². The first kappa shape index (κ1) is 12.0. The largest absolute Gasteiger partial charge is 0.395 e. The highest BCUT2D eigenvalue weighted by Gasteiger charge is 2.20. The Kier molecular flexibility index (Phi) is 3.42. The molecule has 0 radical (unpaired) electrons. The Morgan fingerprint density at radius 3 is 2.76 bits per heavy atom. The average molecular weight is 235 g/mol. The van der Waals surface area contributed by atoms with Crippen LogP contribution in [0.25, 0.3) is 11.0 Å². The Morgan fingerprint density at radius 2 is 2.12 bits per heavy atom. The molecule has 2 aromatic rings. The standard InChI is InChI=1S/C12H17N3O2/c1-8(17)11(13)12-14-9-4-2-3-5-10(9)15(12)6-7-16/h2-5,8,11,16-17H,6-7,13H2,1H3. The molecule has 17 heavy (non-hydrogen) atoms. The van der Waals surface area contributed by atoms with E-state index in [4.69, 9.17) is 10.8 Å². The summed E-state index contributed by atoms with van der Waals surface area (Å²) in [4.78, 5) is 4.42. The molecule has 5 nitrogen and oxygen atoms in total. The SMILES string of the molecule is CC(O)C(N)c1nc2ccccc2n1CCO. The van der Waals surface area contributed by atoms with Gasteiger partial charge in [0.1, 0.15) is 5.82 Å². The second-order valence-corrected chi connectivity index (χ2v) is 4.10. The molecule has 5 heteroatoms. The zero-order valence-electron chi connectivity index (χ0n) is 9.74. The van der Waals surface area contributed by atoms with Crippen LogP contribution in [0.1, 0.15) is 18.8 Å². The van der Waals surface area contributed by atoms with Gasteiger partial charge in [-0.2, -0.15) is 0 Å². The van der Waals surface area contributed by atoms with E-state index in [0.29, 0.717) is 12.4 Å². The molecule has 1 aromatic carbocycles. The minimum absolute atomic E-state index is 0.0138. The van der Waals surface area contributed by atoms with Crippen molar-refractivity contribution in [3.8, 4) is 0 Å². The van der Waals surface area contributed by atoms with Gasteiger partial charge in [0.05, 0.1) is 29.8 Å². The Balaban J connectivity index is 2.57. The quantitative estimate of drug-likeness (QED) is 0.716. The van der Waals surface area contributed by atoms with Gasteiger partial charge in [-0.15, -0.1) is 0 Å². The van der Waals surface area contributed by atoms with Gasteiger partial charge in [-0.05, 0) is 19.1 Å². The number of nitrogens with two attached hydrogens (primary N) is 1. The summed E-state index contributed by atoms with van der Waals surface area (Å²) in [6.45, 7) is 2.07. The summed E-state index contributed by atoms with van der Waals surface area (Å²) >= 11 is 0. The van der Waals surface area contributed by atoms with E-state index in [1.165, 1.54) is 0 Å². The van der Waals surface area contributed by atoms with Crippen molar-refractivity contribution >= 4 is 11.0 Å². The molecule has 1 heterocycles. The Labute approximate surface area is 99.5 Å². The molecular weight excluding hydrogens is 218 g/mol. The summed E-state index contributed by atoms with van der Waals surface area (Å²) in [5.41, 5.74) is 7.67. The number of aliphatic hydroxyl groups excluding tert-OH is 2. The van der Waals surface area contributed by atoms with Gasteiger partial charge in [-0.3, -0.25) is 0 Å². The van der Waals surface area contributed by atoms with E-state index in [1.54, 1.807) is 6.92 Å². The highest BCUT2D eigenvalue weighted by atomic mass is 16.3. The third-order valence-electron chi connectivity index (χ3n) is 2.83. The fourth-order valence-electron chi connectivity index (χ4n) is 1.90. The lowest BCUT2D eigenvalue weighted by Crippen LogP contribution is -2.27. The van der Waals surface area contributed by atoms with Crippen molar-refractivity contribution in [2.24, 2.45) is 5.73 Å². The topological polar surface area (TPSA) is 84.3 Å². The van der Waals surface area contributed by atoms with Crippen molar-refractivity contribution in [1.82, 2.24) is 9.55 Å². The number of aliphatic hydroxyl groups is 2. The van der Waals surface area contributed by atoms with E-state index in [1.807, 2.05) is 28.8 Å². The smallest absolute Gasteiger partial charge is 0.129 e. The minimum Gasteiger partial charge on any atom is -0.395 e. The summed E-state index contributed by atoms with van der Waals surface area (Å²) in [5, 5.41) is 18.6. The van der Waals surface area contributed by atoms with E-state index in [9.17, 15) is 5.11 Å². The maximum Gasteiger partial charge on any atom is 0.129 e. The van der Waals surface area contributed by atoms with Gasteiger partial charge in [0.2, 0.25) is 0 Å². The van der Waals surface area contributed by atoms with Gasteiger partial charge < -0.3 is 20.5 Å². The summed E-state index contributed by atoms with van der Waals surface area (Å²) in [6.07, 6.45) is -0.677. The summed E-state index contributed by atoms with van der Waals surface area (Å²) in [6, 6.07) is 7.08. The third kappa shape index (κ3) is 2.17. The number of nitrogens with zero attached hydrogens (tertiary/aromatic N) is 2. The van der Waals surface area contributed by atoms with E-state index in [2.05, 4.69) is 4.98 Å². The van der Waals surface area contributed by atoms with Crippen molar-refractivity contribution in [1.29, 1.82) is 0 Å². The van der Waals surface area contributed by atoms with Crippen molar-refractivity contribution in [2.45, 2.75) is 25.6 Å². The molecule has 0 bridgehead atoms. The molecular formula is C12H17N3O2. The minimum atomic E-state index is -0.677. The van der Waals surface area contributed by atoms with E-state index in [-0.39, 0.29) is 6.61 Å². The number of hydrogen-bond donors (Lipinski definition) is 3. The molecule has 0 saturated heterocycles. The van der Waals surface area contributed by atoms with Gasteiger partial charge in [-0.25, -0.2) is 4.98 Å². The molecule has 2 atom stereocenters. The van der Waals surface area contributed by atoms with Gasteiger partial charge in [0.25, 0.3) is 0 Å². The van der Waals surface area contributed by atoms with E-state index >= 15 is 0 Å². The molecule has 0 fully saturated rings. The Hall–Kier alpha value is -1.43. The zero-order valence-corrected chi connectivity index (χ0v) is 9.74. The molecule has 4 N–H and O–H groups in total. The molecule has 2 unspecified atom stereocenters. The van der Waals surface area contributed by atoms with Crippen LogP contribution < -0.4 is 5.73 Å². The molecule has 0 amide bonds. The lowest BCUT2D eigenvalue weighted by molar-refractivity contribution is 0.158. The van der Waals surface area contributed by atoms with Crippen LogP contribution in [0.3, 0.4) is 0 Å². The molecule has 0 aliphatic carbocycles. The first-order chi connectivity index (χ1) is 8.15. The number of aromatic nitrogens is 2. The predicted octanol–water partition coefficient (Wildman–Crippen LogP) is 0.409. The number of para-hydroxylation sites is 2. The fraction of sp³-hybridized carbons (Fsp3) is 0.417. The zero-order chi connectivity index (χ0) is 12.4. The molecule has 0 aliphatic heterocycles. The van der Waals surface area contributed by atoms with Crippen molar-refractivity contribution in [3.05, 3.63) is 30.1 Å². The van der Waals surface area contributed by atoms with Gasteiger partial charge in [0.15, 0.2) is 0 Å². The van der Waals surface area contributed by atoms with Crippen molar-refractivity contribution in [2.75, 3.05) is 6.61 Å². The van der Waals surface area contributed by atoms with E-state index in [0.717, 1.165) is 11.0 Å². The normalized spacial score (nSPS) is 15.1.